The zero-order valence-electron chi connectivity index (χ0n) is 20.1. The first-order chi connectivity index (χ1) is 16.6. The molecule has 6 heteroatoms. The number of carbonyl (C=O) groups excluding carboxylic acids is 2. The van der Waals surface area contributed by atoms with E-state index in [0.29, 0.717) is 44.8 Å². The van der Waals surface area contributed by atoms with Gasteiger partial charge in [0.15, 0.2) is 0 Å². The fourth-order valence-corrected chi connectivity index (χ4v) is 5.32. The van der Waals surface area contributed by atoms with E-state index in [1.807, 2.05) is 59.5 Å². The lowest BCUT2D eigenvalue weighted by atomic mass is 9.84. The Morgan fingerprint density at radius 1 is 1.00 bits per heavy atom. The summed E-state index contributed by atoms with van der Waals surface area (Å²) in [6.45, 7) is 1.51. The fourth-order valence-electron chi connectivity index (χ4n) is 5.32. The van der Waals surface area contributed by atoms with Crippen molar-refractivity contribution in [3.8, 4) is 5.75 Å². The van der Waals surface area contributed by atoms with Gasteiger partial charge in [0.25, 0.3) is 0 Å². The van der Waals surface area contributed by atoms with Crippen LogP contribution in [0.3, 0.4) is 0 Å². The van der Waals surface area contributed by atoms with E-state index < -0.39 is 11.7 Å². The minimum atomic E-state index is -0.742. The van der Waals surface area contributed by atoms with Crippen LogP contribution in [0.5, 0.6) is 5.75 Å². The standard InChI is InChI=1S/C28H36N2O4/c1-33-25-14-8-7-11-23(25)21-29-27(32)34-28(24-12-3-2-4-13-24)17-19-30(20-18-28)26(31)16-15-22-9-5-6-10-22/h2-4,7-8,11-14,22H,5-6,9-10,15-21H2,1H3,(H,29,32). The van der Waals surface area contributed by atoms with Gasteiger partial charge in [-0.1, -0.05) is 74.2 Å². The van der Waals surface area contributed by atoms with Gasteiger partial charge in [0.1, 0.15) is 11.4 Å². The molecule has 1 saturated heterocycles. The highest BCUT2D eigenvalue weighted by atomic mass is 16.6. The van der Waals surface area contributed by atoms with Crippen LogP contribution in [-0.2, 0) is 21.7 Å². The summed E-state index contributed by atoms with van der Waals surface area (Å²) in [4.78, 5) is 27.7. The maximum atomic E-state index is 12.9. The number of para-hydroxylation sites is 1. The van der Waals surface area contributed by atoms with Crippen molar-refractivity contribution in [2.45, 2.75) is 63.5 Å². The molecule has 1 heterocycles. The molecule has 2 amide bonds. The second-order valence-corrected chi connectivity index (χ2v) is 9.49. The molecule has 6 nitrogen and oxygen atoms in total. The van der Waals surface area contributed by atoms with Crippen molar-refractivity contribution in [2.75, 3.05) is 20.2 Å². The van der Waals surface area contributed by atoms with Gasteiger partial charge in [-0.15, -0.1) is 0 Å². The number of hydrogen-bond donors (Lipinski definition) is 1. The first kappa shape index (κ1) is 24.1. The molecule has 1 saturated carbocycles. The third kappa shape index (κ3) is 5.91. The first-order valence-electron chi connectivity index (χ1n) is 12.5. The number of nitrogens with zero attached hydrogens (tertiary/aromatic N) is 1. The number of ether oxygens (including phenoxy) is 2. The SMILES string of the molecule is COc1ccccc1CNC(=O)OC1(c2ccccc2)CCN(C(=O)CCC2CCCC2)CC1. The maximum absolute atomic E-state index is 12.9. The highest BCUT2D eigenvalue weighted by Crippen LogP contribution is 2.37. The third-order valence-electron chi connectivity index (χ3n) is 7.37. The molecule has 1 aliphatic heterocycles. The molecule has 1 N–H and O–H groups in total. The minimum Gasteiger partial charge on any atom is -0.496 e. The number of likely N-dealkylation sites (tertiary alicyclic amines) is 1. The molecule has 0 aromatic heterocycles. The molecule has 2 aromatic rings. The predicted octanol–water partition coefficient (Wildman–Crippen LogP) is 5.41. The number of benzene rings is 2. The van der Waals surface area contributed by atoms with Gasteiger partial charge in [-0.05, 0) is 24.0 Å². The number of carbonyl (C=O) groups is 2. The zero-order chi connectivity index (χ0) is 23.8. The Kier molecular flexibility index (Phi) is 8.09. The van der Waals surface area contributed by atoms with Crippen LogP contribution in [0, 0.1) is 5.92 Å². The molecule has 0 unspecified atom stereocenters. The summed E-state index contributed by atoms with van der Waals surface area (Å²) < 4.78 is 11.5. The third-order valence-corrected chi connectivity index (χ3v) is 7.37. The molecule has 1 aliphatic carbocycles. The Labute approximate surface area is 202 Å². The number of rotatable bonds is 8. The van der Waals surface area contributed by atoms with Gasteiger partial charge in [0.05, 0.1) is 7.11 Å². The summed E-state index contributed by atoms with van der Waals surface area (Å²) in [5.74, 6) is 1.67. The molecular formula is C28H36N2O4. The quantitative estimate of drug-likeness (QED) is 0.567. The number of piperidine rings is 1. The fraction of sp³-hybridized carbons (Fsp3) is 0.500. The number of nitrogens with one attached hydrogen (secondary N) is 1. The second-order valence-electron chi connectivity index (χ2n) is 9.49. The van der Waals surface area contributed by atoms with Gasteiger partial charge in [-0.3, -0.25) is 4.79 Å². The van der Waals surface area contributed by atoms with Crippen LogP contribution in [-0.4, -0.2) is 37.1 Å². The summed E-state index contributed by atoms with van der Waals surface area (Å²) in [5, 5.41) is 2.88. The van der Waals surface area contributed by atoms with Gasteiger partial charge in [-0.25, -0.2) is 4.79 Å². The summed E-state index contributed by atoms with van der Waals surface area (Å²) in [7, 11) is 1.62. The predicted molar refractivity (Wildman–Crippen MR) is 131 cm³/mol. The van der Waals surface area contributed by atoms with E-state index in [1.165, 1.54) is 25.7 Å². The van der Waals surface area contributed by atoms with Gasteiger partial charge in [0, 0.05) is 44.5 Å². The van der Waals surface area contributed by atoms with Crippen molar-refractivity contribution in [3.05, 3.63) is 65.7 Å². The van der Waals surface area contributed by atoms with E-state index in [4.69, 9.17) is 9.47 Å². The van der Waals surface area contributed by atoms with Crippen LogP contribution in [0.25, 0.3) is 0 Å². The molecule has 0 bridgehead atoms. The lowest BCUT2D eigenvalue weighted by Gasteiger charge is -2.41. The molecule has 0 atom stereocenters. The number of hydrogen-bond acceptors (Lipinski definition) is 4. The maximum Gasteiger partial charge on any atom is 0.408 e. The molecule has 2 aliphatic rings. The van der Waals surface area contributed by atoms with Crippen LogP contribution < -0.4 is 10.1 Å². The van der Waals surface area contributed by atoms with Crippen LogP contribution in [0.4, 0.5) is 4.79 Å². The van der Waals surface area contributed by atoms with Crippen molar-refractivity contribution in [3.63, 3.8) is 0 Å². The molecule has 0 spiro atoms. The smallest absolute Gasteiger partial charge is 0.408 e. The van der Waals surface area contributed by atoms with Crippen molar-refractivity contribution in [1.82, 2.24) is 10.2 Å². The van der Waals surface area contributed by atoms with Crippen LogP contribution in [0.1, 0.15) is 62.5 Å². The second kappa shape index (κ2) is 11.4. The van der Waals surface area contributed by atoms with E-state index in [2.05, 4.69) is 5.32 Å². The van der Waals surface area contributed by atoms with Gasteiger partial charge in [0.2, 0.25) is 5.91 Å². The van der Waals surface area contributed by atoms with Gasteiger partial charge < -0.3 is 19.7 Å². The van der Waals surface area contributed by atoms with E-state index >= 15 is 0 Å². The molecule has 0 radical (unpaired) electrons. The molecule has 4 rings (SSSR count). The van der Waals surface area contributed by atoms with E-state index in [9.17, 15) is 9.59 Å². The van der Waals surface area contributed by atoms with Crippen molar-refractivity contribution in [2.24, 2.45) is 5.92 Å². The lowest BCUT2D eigenvalue weighted by molar-refractivity contribution is -0.136. The van der Waals surface area contributed by atoms with Gasteiger partial charge >= 0.3 is 6.09 Å². The van der Waals surface area contributed by atoms with Crippen molar-refractivity contribution < 1.29 is 19.1 Å². The summed E-state index contributed by atoms with van der Waals surface area (Å²) in [6, 6.07) is 17.5. The normalized spacial score (nSPS) is 17.9. The van der Waals surface area contributed by atoms with Crippen LogP contribution in [0.15, 0.2) is 54.6 Å². The van der Waals surface area contributed by atoms with E-state index in [1.54, 1.807) is 7.11 Å². The van der Waals surface area contributed by atoms with Gasteiger partial charge in [-0.2, -0.15) is 0 Å². The molecule has 182 valence electrons. The molecular weight excluding hydrogens is 428 g/mol. The molecule has 2 aromatic carbocycles. The van der Waals surface area contributed by atoms with Crippen LogP contribution in [0.2, 0.25) is 0 Å². The topological polar surface area (TPSA) is 67.9 Å². The highest BCUT2D eigenvalue weighted by Gasteiger charge is 2.41. The summed E-state index contributed by atoms with van der Waals surface area (Å²) >= 11 is 0. The Morgan fingerprint density at radius 2 is 1.68 bits per heavy atom. The average Bonchev–Trinajstić information content (AvgIpc) is 3.41. The Hall–Kier alpha value is -3.02. The van der Waals surface area contributed by atoms with E-state index in [0.717, 1.165) is 23.3 Å². The highest BCUT2D eigenvalue weighted by molar-refractivity contribution is 5.76. The van der Waals surface area contributed by atoms with Crippen LogP contribution >= 0.6 is 0 Å². The largest absolute Gasteiger partial charge is 0.496 e. The number of amides is 2. The first-order valence-corrected chi connectivity index (χ1v) is 12.5. The summed E-state index contributed by atoms with van der Waals surface area (Å²) in [6.07, 6.45) is 7.49. The Morgan fingerprint density at radius 3 is 2.38 bits per heavy atom. The minimum absolute atomic E-state index is 0.231. The zero-order valence-corrected chi connectivity index (χ0v) is 20.1. The molecule has 2 fully saturated rings. The van der Waals surface area contributed by atoms with E-state index in [-0.39, 0.29) is 5.91 Å². The monoisotopic (exact) mass is 464 g/mol. The Bertz CT molecular complexity index is 948. The van der Waals surface area contributed by atoms with Crippen molar-refractivity contribution in [1.29, 1.82) is 0 Å². The number of alkyl carbamates (subject to hydrolysis) is 1. The average molecular weight is 465 g/mol. The lowest BCUT2D eigenvalue weighted by Crippen LogP contribution is -2.48. The summed E-state index contributed by atoms with van der Waals surface area (Å²) in [5.41, 5.74) is 1.12. The molecule has 34 heavy (non-hydrogen) atoms. The Balaban J connectivity index is 1.37. The van der Waals surface area contributed by atoms with Crippen molar-refractivity contribution >= 4 is 12.0 Å². The number of methoxy groups -OCH3 is 1.